The lowest BCUT2D eigenvalue weighted by molar-refractivity contribution is -0.383. The molecule has 0 radical (unpaired) electrons. The Bertz CT molecular complexity index is 608. The van der Waals surface area contributed by atoms with Gasteiger partial charge in [0.15, 0.2) is 0 Å². The molecule has 5 heteroatoms. The average molecular weight is 230 g/mol. The molecule has 0 fully saturated rings. The Labute approximate surface area is 97.2 Å². The highest BCUT2D eigenvalue weighted by atomic mass is 16.6. The molecule has 2 aromatic rings. The highest BCUT2D eigenvalue weighted by Crippen LogP contribution is 2.23. The number of aromatic nitrogens is 1. The van der Waals surface area contributed by atoms with Gasteiger partial charge in [-0.15, -0.1) is 0 Å². The topological polar surface area (TPSA) is 73.1 Å². The molecule has 0 unspecified atom stereocenters. The van der Waals surface area contributed by atoms with Gasteiger partial charge in [0, 0.05) is 23.6 Å². The number of nitro groups is 1. The van der Waals surface area contributed by atoms with Crippen LogP contribution in [0.1, 0.15) is 12.6 Å². The summed E-state index contributed by atoms with van der Waals surface area (Å²) in [4.78, 5) is 25.5. The smallest absolute Gasteiger partial charge is 0.295 e. The van der Waals surface area contributed by atoms with E-state index in [1.807, 2.05) is 0 Å². The van der Waals surface area contributed by atoms with Crippen molar-refractivity contribution in [2.75, 3.05) is 0 Å². The van der Waals surface area contributed by atoms with Crippen LogP contribution in [0.2, 0.25) is 0 Å². The minimum atomic E-state index is -0.465. The van der Waals surface area contributed by atoms with E-state index in [0.717, 1.165) is 0 Å². The van der Waals surface area contributed by atoms with Crippen LogP contribution in [0.15, 0.2) is 30.3 Å². The van der Waals surface area contributed by atoms with Gasteiger partial charge in [-0.2, -0.15) is 0 Å². The number of rotatable bonds is 3. The van der Waals surface area contributed by atoms with Crippen LogP contribution in [0.3, 0.4) is 0 Å². The lowest BCUT2D eigenvalue weighted by atomic mass is 10.1. The second kappa shape index (κ2) is 4.29. The van der Waals surface area contributed by atoms with Crippen molar-refractivity contribution in [2.45, 2.75) is 13.3 Å². The van der Waals surface area contributed by atoms with Crippen molar-refractivity contribution >= 4 is 22.4 Å². The number of benzene rings is 1. The lowest BCUT2D eigenvalue weighted by Crippen LogP contribution is -2.00. The number of carbonyl (C=O) groups is 1. The summed E-state index contributed by atoms with van der Waals surface area (Å²) in [6.07, 6.45) is 0.196. The molecule has 0 spiro atoms. The Kier molecular flexibility index (Phi) is 2.82. The van der Waals surface area contributed by atoms with Crippen molar-refractivity contribution in [1.82, 2.24) is 4.98 Å². The average Bonchev–Trinajstić information content (AvgIpc) is 2.27. The van der Waals surface area contributed by atoms with Crippen molar-refractivity contribution in [3.05, 3.63) is 46.1 Å². The molecule has 1 aromatic carbocycles. The van der Waals surface area contributed by atoms with E-state index in [1.165, 1.54) is 13.0 Å². The number of Topliss-reactive ketones (excluding diaryl/α,β-unsaturated/α-hetero) is 1. The van der Waals surface area contributed by atoms with E-state index in [9.17, 15) is 14.9 Å². The zero-order chi connectivity index (χ0) is 12.4. The first-order valence-corrected chi connectivity index (χ1v) is 5.10. The Morgan fingerprint density at radius 2 is 2.12 bits per heavy atom. The highest BCUT2D eigenvalue weighted by molar-refractivity contribution is 5.87. The summed E-state index contributed by atoms with van der Waals surface area (Å²) in [5.41, 5.74) is 0.850. The number of nitro benzene ring substituents is 1. The Balaban J connectivity index is 2.61. The van der Waals surface area contributed by atoms with Crippen LogP contribution in [-0.2, 0) is 11.2 Å². The number of ketones is 1. The van der Waals surface area contributed by atoms with Gasteiger partial charge >= 0.3 is 0 Å². The zero-order valence-electron chi connectivity index (χ0n) is 9.21. The molecular formula is C12H10N2O3. The molecule has 5 nitrogen and oxygen atoms in total. The van der Waals surface area contributed by atoms with Gasteiger partial charge < -0.3 is 0 Å². The molecule has 86 valence electrons. The van der Waals surface area contributed by atoms with Crippen LogP contribution in [0.25, 0.3) is 10.9 Å². The second-order valence-corrected chi connectivity index (χ2v) is 3.79. The summed E-state index contributed by atoms with van der Waals surface area (Å²) in [6.45, 7) is 1.46. The molecule has 0 bridgehead atoms. The summed E-state index contributed by atoms with van der Waals surface area (Å²) < 4.78 is 0. The fourth-order valence-electron chi connectivity index (χ4n) is 1.67. The van der Waals surface area contributed by atoms with E-state index in [-0.39, 0.29) is 17.9 Å². The molecule has 0 saturated carbocycles. The van der Waals surface area contributed by atoms with Gasteiger partial charge in [0.2, 0.25) is 0 Å². The Hall–Kier alpha value is -2.30. The van der Waals surface area contributed by atoms with Crippen molar-refractivity contribution in [2.24, 2.45) is 0 Å². The Morgan fingerprint density at radius 1 is 1.35 bits per heavy atom. The standard InChI is InChI=1S/C12H10N2O3/c1-8(15)7-10-6-5-9-3-2-4-11(14(16)17)12(9)13-10/h2-6H,7H2,1H3. The van der Waals surface area contributed by atoms with Crippen LogP contribution >= 0.6 is 0 Å². The third kappa shape index (κ3) is 2.28. The molecule has 0 aliphatic rings. The number of para-hydroxylation sites is 1. The van der Waals surface area contributed by atoms with E-state index >= 15 is 0 Å². The molecule has 17 heavy (non-hydrogen) atoms. The number of hydrogen-bond acceptors (Lipinski definition) is 4. The monoisotopic (exact) mass is 230 g/mol. The van der Waals surface area contributed by atoms with Crippen molar-refractivity contribution in [3.8, 4) is 0 Å². The zero-order valence-corrected chi connectivity index (χ0v) is 9.21. The van der Waals surface area contributed by atoms with Crippen LogP contribution in [0.5, 0.6) is 0 Å². The van der Waals surface area contributed by atoms with E-state index in [1.54, 1.807) is 24.3 Å². The summed E-state index contributed by atoms with van der Waals surface area (Å²) in [7, 11) is 0. The van der Waals surface area contributed by atoms with E-state index in [2.05, 4.69) is 4.98 Å². The lowest BCUT2D eigenvalue weighted by Gasteiger charge is -2.01. The predicted octanol–water partition coefficient (Wildman–Crippen LogP) is 2.27. The number of non-ortho nitro benzene ring substituents is 1. The summed E-state index contributed by atoms with van der Waals surface area (Å²) in [5, 5.41) is 11.5. The Morgan fingerprint density at radius 3 is 2.76 bits per heavy atom. The molecule has 0 aliphatic carbocycles. The number of nitrogens with zero attached hydrogens (tertiary/aromatic N) is 2. The number of carbonyl (C=O) groups excluding carboxylic acids is 1. The number of pyridine rings is 1. The fourth-order valence-corrected chi connectivity index (χ4v) is 1.67. The van der Waals surface area contributed by atoms with Gasteiger partial charge in [-0.3, -0.25) is 14.9 Å². The third-order valence-electron chi connectivity index (χ3n) is 2.38. The van der Waals surface area contributed by atoms with Crippen LogP contribution in [0, 0.1) is 10.1 Å². The second-order valence-electron chi connectivity index (χ2n) is 3.79. The van der Waals surface area contributed by atoms with Gasteiger partial charge in [-0.1, -0.05) is 18.2 Å². The summed E-state index contributed by atoms with van der Waals surface area (Å²) in [6, 6.07) is 8.24. The summed E-state index contributed by atoms with van der Waals surface area (Å²) >= 11 is 0. The molecule has 0 atom stereocenters. The first kappa shape index (κ1) is 11.2. The summed E-state index contributed by atoms with van der Waals surface area (Å²) in [5.74, 6) is -0.0181. The molecule has 0 amide bonds. The third-order valence-corrected chi connectivity index (χ3v) is 2.38. The molecule has 0 saturated heterocycles. The quantitative estimate of drug-likeness (QED) is 0.598. The number of fused-ring (bicyclic) bond motifs is 1. The minimum absolute atomic E-state index is 0.0181. The van der Waals surface area contributed by atoms with Crippen molar-refractivity contribution < 1.29 is 9.72 Å². The van der Waals surface area contributed by atoms with E-state index in [0.29, 0.717) is 16.6 Å². The molecule has 0 aliphatic heterocycles. The molecule has 2 rings (SSSR count). The molecule has 0 N–H and O–H groups in total. The van der Waals surface area contributed by atoms with Gasteiger partial charge in [0.1, 0.15) is 11.3 Å². The molecule has 1 heterocycles. The fraction of sp³-hybridized carbons (Fsp3) is 0.167. The van der Waals surface area contributed by atoms with Gasteiger partial charge in [-0.25, -0.2) is 4.98 Å². The van der Waals surface area contributed by atoms with Gasteiger partial charge in [0.05, 0.1) is 4.92 Å². The first-order valence-electron chi connectivity index (χ1n) is 5.10. The normalized spacial score (nSPS) is 10.4. The predicted molar refractivity (Wildman–Crippen MR) is 62.8 cm³/mol. The molecular weight excluding hydrogens is 220 g/mol. The maximum Gasteiger partial charge on any atom is 0.295 e. The minimum Gasteiger partial charge on any atom is -0.300 e. The number of hydrogen-bond donors (Lipinski definition) is 0. The molecule has 1 aromatic heterocycles. The maximum absolute atomic E-state index is 11.0. The first-order chi connectivity index (χ1) is 8.08. The van der Waals surface area contributed by atoms with Crippen LogP contribution in [0.4, 0.5) is 5.69 Å². The van der Waals surface area contributed by atoms with Crippen LogP contribution in [-0.4, -0.2) is 15.7 Å². The van der Waals surface area contributed by atoms with Crippen molar-refractivity contribution in [1.29, 1.82) is 0 Å². The van der Waals surface area contributed by atoms with Gasteiger partial charge in [0.25, 0.3) is 5.69 Å². The van der Waals surface area contributed by atoms with Gasteiger partial charge in [-0.05, 0) is 13.0 Å². The highest BCUT2D eigenvalue weighted by Gasteiger charge is 2.13. The SMILES string of the molecule is CC(=O)Cc1ccc2cccc([N+](=O)[O-])c2n1. The van der Waals surface area contributed by atoms with Crippen molar-refractivity contribution in [3.63, 3.8) is 0 Å². The van der Waals surface area contributed by atoms with E-state index < -0.39 is 4.92 Å². The van der Waals surface area contributed by atoms with Crippen LogP contribution < -0.4 is 0 Å². The largest absolute Gasteiger partial charge is 0.300 e. The van der Waals surface area contributed by atoms with E-state index in [4.69, 9.17) is 0 Å². The maximum atomic E-state index is 11.0.